The molecular weight excluding hydrogens is 321 g/mol. The second-order valence-corrected chi connectivity index (χ2v) is 5.52. The second-order valence-electron chi connectivity index (χ2n) is 4.53. The zero-order chi connectivity index (χ0) is 16.2. The Morgan fingerprint density at radius 3 is 2.65 bits per heavy atom. The van der Waals surface area contributed by atoms with Crippen molar-refractivity contribution in [2.75, 3.05) is 13.7 Å². The maximum Gasteiger partial charge on any atom is 0.343 e. The minimum Gasteiger partial charge on any atom is -0.482 e. The third kappa shape index (κ3) is 3.75. The average molecular weight is 333 g/mol. The summed E-state index contributed by atoms with van der Waals surface area (Å²) >= 11 is 1.26. The van der Waals surface area contributed by atoms with Gasteiger partial charge >= 0.3 is 5.97 Å². The Labute approximate surface area is 135 Å². The van der Waals surface area contributed by atoms with Crippen molar-refractivity contribution in [1.82, 2.24) is 4.98 Å². The number of aromatic nitrogens is 1. The zero-order valence-electron chi connectivity index (χ0n) is 12.1. The minimum absolute atomic E-state index is 0.153. The summed E-state index contributed by atoms with van der Waals surface area (Å²) in [5.41, 5.74) is 0.685. The van der Waals surface area contributed by atoms with Gasteiger partial charge < -0.3 is 14.2 Å². The number of fused-ring (bicyclic) bond motifs is 1. The topological polar surface area (TPSA) is 57.7 Å². The molecular formula is C16H12FNO4S. The number of ether oxygens (including phenoxy) is 3. The summed E-state index contributed by atoms with van der Waals surface area (Å²) in [6.07, 6.45) is 0. The van der Waals surface area contributed by atoms with Gasteiger partial charge in [-0.15, -0.1) is 0 Å². The van der Waals surface area contributed by atoms with Crippen molar-refractivity contribution in [3.05, 3.63) is 48.3 Å². The van der Waals surface area contributed by atoms with Crippen LogP contribution in [0, 0.1) is 5.82 Å². The van der Waals surface area contributed by atoms with Gasteiger partial charge in [-0.3, -0.25) is 0 Å². The third-order valence-corrected chi connectivity index (χ3v) is 3.84. The number of benzene rings is 2. The first-order valence-corrected chi connectivity index (χ1v) is 7.49. The highest BCUT2D eigenvalue weighted by Gasteiger charge is 2.07. The SMILES string of the molecule is COC(=O)COc1ccc(Oc2nc3ccc(F)cc3s2)cc1. The monoisotopic (exact) mass is 333 g/mol. The molecule has 7 heteroatoms. The van der Waals surface area contributed by atoms with Crippen molar-refractivity contribution in [2.45, 2.75) is 0 Å². The predicted octanol–water partition coefficient (Wildman–Crippen LogP) is 3.78. The van der Waals surface area contributed by atoms with Crippen LogP contribution in [-0.2, 0) is 9.53 Å². The Hall–Kier alpha value is -2.67. The summed E-state index contributed by atoms with van der Waals surface area (Å²) in [7, 11) is 1.30. The molecule has 5 nitrogen and oxygen atoms in total. The van der Waals surface area contributed by atoms with E-state index in [1.54, 1.807) is 30.3 Å². The van der Waals surface area contributed by atoms with Gasteiger partial charge in [-0.05, 0) is 42.5 Å². The fraction of sp³-hybridized carbons (Fsp3) is 0.125. The number of hydrogen-bond donors (Lipinski definition) is 0. The number of nitrogens with zero attached hydrogens (tertiary/aromatic N) is 1. The summed E-state index contributed by atoms with van der Waals surface area (Å²) in [4.78, 5) is 15.3. The molecule has 0 saturated carbocycles. The maximum atomic E-state index is 13.2. The molecule has 0 fully saturated rings. The molecule has 0 unspecified atom stereocenters. The number of carbonyl (C=O) groups is 1. The van der Waals surface area contributed by atoms with Crippen LogP contribution >= 0.6 is 11.3 Å². The van der Waals surface area contributed by atoms with E-state index in [0.717, 1.165) is 4.70 Å². The first-order chi connectivity index (χ1) is 11.1. The maximum absolute atomic E-state index is 13.2. The Bertz CT molecular complexity index is 832. The zero-order valence-corrected chi connectivity index (χ0v) is 12.9. The van der Waals surface area contributed by atoms with E-state index in [4.69, 9.17) is 9.47 Å². The molecule has 0 atom stereocenters. The van der Waals surface area contributed by atoms with Crippen molar-refractivity contribution in [3.63, 3.8) is 0 Å². The van der Waals surface area contributed by atoms with Gasteiger partial charge in [0.05, 0.1) is 17.3 Å². The number of halogens is 1. The molecule has 0 aliphatic carbocycles. The second kappa shape index (κ2) is 6.62. The number of carbonyl (C=O) groups excluding carboxylic acids is 1. The van der Waals surface area contributed by atoms with Crippen LogP contribution < -0.4 is 9.47 Å². The lowest BCUT2D eigenvalue weighted by atomic mass is 10.3. The molecule has 0 amide bonds. The van der Waals surface area contributed by atoms with Crippen molar-refractivity contribution in [1.29, 1.82) is 0 Å². The molecule has 0 radical (unpaired) electrons. The lowest BCUT2D eigenvalue weighted by Crippen LogP contribution is -2.12. The van der Waals surface area contributed by atoms with Gasteiger partial charge in [0.25, 0.3) is 5.19 Å². The fourth-order valence-electron chi connectivity index (χ4n) is 1.83. The molecule has 23 heavy (non-hydrogen) atoms. The molecule has 0 aliphatic heterocycles. The lowest BCUT2D eigenvalue weighted by Gasteiger charge is -2.06. The molecule has 3 rings (SSSR count). The molecule has 3 aromatic rings. The van der Waals surface area contributed by atoms with Crippen LogP contribution in [0.2, 0.25) is 0 Å². The van der Waals surface area contributed by atoms with Gasteiger partial charge in [-0.25, -0.2) is 14.2 Å². The van der Waals surface area contributed by atoms with Gasteiger partial charge in [0.1, 0.15) is 17.3 Å². The Kier molecular flexibility index (Phi) is 4.38. The molecule has 118 valence electrons. The summed E-state index contributed by atoms with van der Waals surface area (Å²) in [5.74, 6) is 0.330. The standard InChI is InChI=1S/C16H12FNO4S/c1-20-15(19)9-21-11-3-5-12(6-4-11)22-16-18-13-7-2-10(17)8-14(13)23-16/h2-8H,9H2,1H3. The lowest BCUT2D eigenvalue weighted by molar-refractivity contribution is -0.142. The van der Waals surface area contributed by atoms with E-state index in [9.17, 15) is 9.18 Å². The molecule has 1 heterocycles. The van der Waals surface area contributed by atoms with Crippen LogP contribution in [0.1, 0.15) is 0 Å². The fourth-order valence-corrected chi connectivity index (χ4v) is 2.69. The molecule has 0 N–H and O–H groups in total. The normalized spacial score (nSPS) is 10.5. The average Bonchev–Trinajstić information content (AvgIpc) is 2.95. The Balaban J connectivity index is 1.68. The van der Waals surface area contributed by atoms with Crippen LogP contribution in [-0.4, -0.2) is 24.7 Å². The first kappa shape index (κ1) is 15.2. The summed E-state index contributed by atoms with van der Waals surface area (Å²) < 4.78 is 29.3. The van der Waals surface area contributed by atoms with E-state index in [1.807, 2.05) is 0 Å². The van der Waals surface area contributed by atoms with Crippen molar-refractivity contribution in [2.24, 2.45) is 0 Å². The van der Waals surface area contributed by atoms with Gasteiger partial charge in [0, 0.05) is 0 Å². The van der Waals surface area contributed by atoms with Crippen LogP contribution in [0.5, 0.6) is 16.7 Å². The highest BCUT2D eigenvalue weighted by molar-refractivity contribution is 7.20. The molecule has 0 saturated heterocycles. The van der Waals surface area contributed by atoms with Crippen molar-refractivity contribution < 1.29 is 23.4 Å². The smallest absolute Gasteiger partial charge is 0.343 e. The van der Waals surface area contributed by atoms with Gasteiger partial charge in [-0.1, -0.05) is 11.3 Å². The van der Waals surface area contributed by atoms with Crippen LogP contribution in [0.25, 0.3) is 10.2 Å². The van der Waals surface area contributed by atoms with Crippen LogP contribution in [0.3, 0.4) is 0 Å². The molecule has 0 aliphatic rings. The predicted molar refractivity (Wildman–Crippen MR) is 83.6 cm³/mol. The van der Waals surface area contributed by atoms with Crippen molar-refractivity contribution in [3.8, 4) is 16.7 Å². The van der Waals surface area contributed by atoms with E-state index in [2.05, 4.69) is 9.72 Å². The van der Waals surface area contributed by atoms with Gasteiger partial charge in [0.15, 0.2) is 6.61 Å². The Morgan fingerprint density at radius 1 is 1.17 bits per heavy atom. The number of thiazole rings is 1. The highest BCUT2D eigenvalue weighted by atomic mass is 32.1. The van der Waals surface area contributed by atoms with E-state index in [0.29, 0.717) is 22.2 Å². The molecule has 1 aromatic heterocycles. The van der Waals surface area contributed by atoms with E-state index in [-0.39, 0.29) is 12.4 Å². The Morgan fingerprint density at radius 2 is 1.91 bits per heavy atom. The van der Waals surface area contributed by atoms with Gasteiger partial charge in [-0.2, -0.15) is 0 Å². The number of esters is 1. The summed E-state index contributed by atoms with van der Waals surface area (Å²) in [5, 5.41) is 0.425. The molecule has 2 aromatic carbocycles. The highest BCUT2D eigenvalue weighted by Crippen LogP contribution is 2.32. The third-order valence-electron chi connectivity index (χ3n) is 2.94. The van der Waals surface area contributed by atoms with Crippen LogP contribution in [0.15, 0.2) is 42.5 Å². The first-order valence-electron chi connectivity index (χ1n) is 6.67. The molecule has 0 spiro atoms. The van der Waals surface area contributed by atoms with E-state index < -0.39 is 5.97 Å². The van der Waals surface area contributed by atoms with E-state index in [1.165, 1.54) is 30.6 Å². The van der Waals surface area contributed by atoms with Crippen LogP contribution in [0.4, 0.5) is 4.39 Å². The number of rotatable bonds is 5. The summed E-state index contributed by atoms with van der Waals surface area (Å²) in [6.45, 7) is -0.153. The summed E-state index contributed by atoms with van der Waals surface area (Å²) in [6, 6.07) is 11.1. The number of methoxy groups -OCH3 is 1. The quantitative estimate of drug-likeness (QED) is 0.665. The van der Waals surface area contributed by atoms with Crippen molar-refractivity contribution >= 4 is 27.5 Å². The number of hydrogen-bond acceptors (Lipinski definition) is 6. The minimum atomic E-state index is -0.452. The van der Waals surface area contributed by atoms with E-state index >= 15 is 0 Å². The van der Waals surface area contributed by atoms with Gasteiger partial charge in [0.2, 0.25) is 0 Å². The largest absolute Gasteiger partial charge is 0.482 e. The molecule has 0 bridgehead atoms.